The third-order valence-corrected chi connectivity index (χ3v) is 2.50. The van der Waals surface area contributed by atoms with Crippen molar-refractivity contribution >= 4 is 6.09 Å². The molecule has 1 saturated heterocycles. The molecule has 1 heterocycles. The lowest BCUT2D eigenvalue weighted by Gasteiger charge is -2.35. The maximum Gasteiger partial charge on any atom is 0.410 e. The van der Waals surface area contributed by atoms with Crippen LogP contribution in [0.3, 0.4) is 0 Å². The van der Waals surface area contributed by atoms with Crippen molar-refractivity contribution in [2.24, 2.45) is 0 Å². The summed E-state index contributed by atoms with van der Waals surface area (Å²) in [6, 6.07) is 0.300. The fraction of sp³-hybridized carbons (Fsp3) is 0.800. The molecule has 19 heavy (non-hydrogen) atoms. The van der Waals surface area contributed by atoms with Gasteiger partial charge in [-0.3, -0.25) is 0 Å². The van der Waals surface area contributed by atoms with Gasteiger partial charge in [0.1, 0.15) is 5.60 Å². The molecule has 1 atom stereocenters. The number of nitrogens with one attached hydrogen (secondary N) is 1. The smallest absolute Gasteiger partial charge is 0.410 e. The second-order valence-corrected chi connectivity index (χ2v) is 5.74. The Labute approximate surface area is 119 Å². The molecule has 0 saturated carbocycles. The topological polar surface area (TPSA) is 41.6 Å². The van der Waals surface area contributed by atoms with Crippen LogP contribution in [0.4, 0.5) is 4.79 Å². The van der Waals surface area contributed by atoms with Crippen molar-refractivity contribution in [2.45, 2.75) is 59.6 Å². The van der Waals surface area contributed by atoms with E-state index in [1.54, 1.807) is 4.90 Å². The standard InChI is InChI=1S/C13H24N2O2.C2H6.H2/c1-10(2)8-11-9-15(7-6-14-11)12(16)17-13(3,4)5;1-2;/h11,14H,1,6-9H2,2-5H3;1-2H3;1H/t11-;;/m1../s1. The molecule has 1 rings (SSSR count). The zero-order chi connectivity index (χ0) is 15.1. The Balaban J connectivity index is 0. The van der Waals surface area contributed by atoms with Gasteiger partial charge in [0.15, 0.2) is 0 Å². The van der Waals surface area contributed by atoms with Crippen LogP contribution in [0.1, 0.15) is 49.4 Å². The van der Waals surface area contributed by atoms with E-state index in [2.05, 4.69) is 11.9 Å². The third-order valence-electron chi connectivity index (χ3n) is 2.50. The molecule has 0 aromatic rings. The van der Waals surface area contributed by atoms with Crippen molar-refractivity contribution in [3.63, 3.8) is 0 Å². The van der Waals surface area contributed by atoms with Crippen LogP contribution in [0.2, 0.25) is 0 Å². The fourth-order valence-corrected chi connectivity index (χ4v) is 1.88. The van der Waals surface area contributed by atoms with Gasteiger partial charge in [0.2, 0.25) is 0 Å². The van der Waals surface area contributed by atoms with Gasteiger partial charge in [0, 0.05) is 27.1 Å². The SMILES string of the molecule is C=C(C)C[C@@H]1CN(C(=O)OC(C)(C)C)CCN1.CC.[HH]. The lowest BCUT2D eigenvalue weighted by Crippen LogP contribution is -2.53. The number of carbonyl (C=O) groups is 1. The number of hydrogen-bond acceptors (Lipinski definition) is 3. The van der Waals surface area contributed by atoms with Crippen molar-refractivity contribution in [3.05, 3.63) is 12.2 Å². The monoisotopic (exact) mass is 272 g/mol. The van der Waals surface area contributed by atoms with Crippen molar-refractivity contribution in [3.8, 4) is 0 Å². The van der Waals surface area contributed by atoms with Gasteiger partial charge in [0.25, 0.3) is 0 Å². The lowest BCUT2D eigenvalue weighted by atomic mass is 10.1. The average molecular weight is 272 g/mol. The molecule has 1 amide bonds. The Hall–Kier alpha value is -1.03. The second kappa shape index (κ2) is 8.20. The molecular formula is C15H32N2O2. The molecule has 1 N–H and O–H groups in total. The predicted octanol–water partition coefficient (Wildman–Crippen LogP) is 3.43. The normalized spacial score (nSPS) is 19.3. The fourth-order valence-electron chi connectivity index (χ4n) is 1.88. The minimum atomic E-state index is -0.425. The summed E-state index contributed by atoms with van der Waals surface area (Å²) in [5, 5.41) is 3.39. The number of hydrogen-bond donors (Lipinski definition) is 1. The molecule has 0 unspecified atom stereocenters. The van der Waals surface area contributed by atoms with E-state index in [9.17, 15) is 4.79 Å². The van der Waals surface area contributed by atoms with Crippen LogP contribution in [0.25, 0.3) is 0 Å². The Kier molecular flexibility index (Phi) is 7.76. The van der Waals surface area contributed by atoms with E-state index >= 15 is 0 Å². The largest absolute Gasteiger partial charge is 0.444 e. The van der Waals surface area contributed by atoms with Gasteiger partial charge in [-0.15, -0.1) is 6.58 Å². The number of rotatable bonds is 2. The van der Waals surface area contributed by atoms with Crippen molar-refractivity contribution < 1.29 is 11.0 Å². The van der Waals surface area contributed by atoms with Crippen molar-refractivity contribution in [1.82, 2.24) is 10.2 Å². The Morgan fingerprint density at radius 3 is 2.53 bits per heavy atom. The summed E-state index contributed by atoms with van der Waals surface area (Å²) in [5.41, 5.74) is 0.708. The van der Waals surface area contributed by atoms with Gasteiger partial charge in [-0.05, 0) is 34.1 Å². The molecule has 0 aromatic heterocycles. The van der Waals surface area contributed by atoms with Gasteiger partial charge in [-0.1, -0.05) is 19.4 Å². The van der Waals surface area contributed by atoms with Crippen LogP contribution in [0.5, 0.6) is 0 Å². The first-order chi connectivity index (χ1) is 8.78. The maximum absolute atomic E-state index is 11.9. The Bertz CT molecular complexity index is 301. The molecule has 0 aliphatic carbocycles. The summed E-state index contributed by atoms with van der Waals surface area (Å²) in [4.78, 5) is 13.7. The van der Waals surface area contributed by atoms with Gasteiger partial charge in [-0.2, -0.15) is 0 Å². The van der Waals surface area contributed by atoms with E-state index in [0.717, 1.165) is 18.5 Å². The second-order valence-electron chi connectivity index (χ2n) is 5.74. The van der Waals surface area contributed by atoms with Gasteiger partial charge in [0.05, 0.1) is 0 Å². The predicted molar refractivity (Wildman–Crippen MR) is 82.5 cm³/mol. The van der Waals surface area contributed by atoms with Crippen LogP contribution in [0, 0.1) is 0 Å². The third kappa shape index (κ3) is 7.88. The summed E-state index contributed by atoms with van der Waals surface area (Å²) < 4.78 is 5.37. The van der Waals surface area contributed by atoms with Crippen molar-refractivity contribution in [2.75, 3.05) is 19.6 Å². The molecule has 1 fully saturated rings. The summed E-state index contributed by atoms with van der Waals surface area (Å²) in [7, 11) is 0. The van der Waals surface area contributed by atoms with Crippen LogP contribution in [-0.2, 0) is 4.74 Å². The molecule has 0 radical (unpaired) electrons. The van der Waals surface area contributed by atoms with E-state index in [4.69, 9.17) is 4.74 Å². The van der Waals surface area contributed by atoms with Crippen LogP contribution in [-0.4, -0.2) is 42.3 Å². The van der Waals surface area contributed by atoms with Crippen LogP contribution >= 0.6 is 0 Å². The number of piperazine rings is 1. The Morgan fingerprint density at radius 2 is 2.05 bits per heavy atom. The van der Waals surface area contributed by atoms with Gasteiger partial charge < -0.3 is 15.0 Å². The highest BCUT2D eigenvalue weighted by atomic mass is 16.6. The molecular weight excluding hydrogens is 240 g/mol. The van der Waals surface area contributed by atoms with Crippen LogP contribution < -0.4 is 5.32 Å². The van der Waals surface area contributed by atoms with Gasteiger partial charge >= 0.3 is 6.09 Å². The molecule has 0 aromatic carbocycles. The first-order valence-electron chi connectivity index (χ1n) is 7.13. The number of carbonyl (C=O) groups excluding carboxylic acids is 1. The highest BCUT2D eigenvalue weighted by Crippen LogP contribution is 2.13. The van der Waals surface area contributed by atoms with E-state index in [1.165, 1.54) is 0 Å². The summed E-state index contributed by atoms with van der Waals surface area (Å²) in [6.45, 7) is 17.8. The van der Waals surface area contributed by atoms with E-state index in [1.807, 2.05) is 41.5 Å². The first-order valence-corrected chi connectivity index (χ1v) is 7.13. The molecule has 1 aliphatic heterocycles. The maximum atomic E-state index is 11.9. The van der Waals surface area contributed by atoms with E-state index in [-0.39, 0.29) is 7.52 Å². The number of amides is 1. The molecule has 4 nitrogen and oxygen atoms in total. The van der Waals surface area contributed by atoms with E-state index in [0.29, 0.717) is 19.1 Å². The number of ether oxygens (including phenoxy) is 1. The highest BCUT2D eigenvalue weighted by molar-refractivity contribution is 5.68. The molecule has 0 spiro atoms. The molecule has 4 heteroatoms. The van der Waals surface area contributed by atoms with Crippen molar-refractivity contribution in [1.29, 1.82) is 0 Å². The first kappa shape index (κ1) is 18.0. The van der Waals surface area contributed by atoms with Gasteiger partial charge in [-0.25, -0.2) is 4.79 Å². The summed E-state index contributed by atoms with van der Waals surface area (Å²) in [5.74, 6) is 0. The molecule has 0 bridgehead atoms. The Morgan fingerprint density at radius 1 is 1.47 bits per heavy atom. The summed E-state index contributed by atoms with van der Waals surface area (Å²) >= 11 is 0. The molecule has 114 valence electrons. The molecule has 1 aliphatic rings. The minimum absolute atomic E-state index is 0. The quantitative estimate of drug-likeness (QED) is 0.783. The lowest BCUT2D eigenvalue weighted by molar-refractivity contribution is 0.0195. The highest BCUT2D eigenvalue weighted by Gasteiger charge is 2.27. The van der Waals surface area contributed by atoms with E-state index < -0.39 is 5.60 Å². The zero-order valence-electron chi connectivity index (χ0n) is 13.4. The summed E-state index contributed by atoms with van der Waals surface area (Å²) in [6.07, 6.45) is 0.685. The van der Waals surface area contributed by atoms with Crippen LogP contribution in [0.15, 0.2) is 12.2 Å². The number of nitrogens with zero attached hydrogens (tertiary/aromatic N) is 1. The zero-order valence-corrected chi connectivity index (χ0v) is 13.4. The minimum Gasteiger partial charge on any atom is -0.444 e. The average Bonchev–Trinajstić information content (AvgIpc) is 2.29.